The maximum Gasteiger partial charge on any atom is 0.408 e. The van der Waals surface area contributed by atoms with Crippen LogP contribution in [0.1, 0.15) is 47.1 Å². The quantitative estimate of drug-likeness (QED) is 0.577. The van der Waals surface area contributed by atoms with Crippen LogP contribution in [0, 0.1) is 0 Å². The maximum atomic E-state index is 12.5. The van der Waals surface area contributed by atoms with Gasteiger partial charge in [0.15, 0.2) is 0 Å². The van der Waals surface area contributed by atoms with Gasteiger partial charge in [-0.25, -0.2) is 9.59 Å². The van der Waals surface area contributed by atoms with E-state index in [4.69, 9.17) is 15.2 Å². The summed E-state index contributed by atoms with van der Waals surface area (Å²) < 4.78 is 11.4. The maximum absolute atomic E-state index is 12.5. The number of hydrogen-bond acceptors (Lipinski definition) is 5. The number of nitrogens with one attached hydrogen (secondary N) is 1. The SMILES string of the molecule is CC(C)(C)OC(=O)N[C@@H](Cc1ccc(N)c(Br)c1)C(=O)OC(C)(C)C. The molecule has 0 aromatic heterocycles. The molecule has 1 aromatic carbocycles. The van der Waals surface area contributed by atoms with E-state index in [9.17, 15) is 9.59 Å². The standard InChI is InChI=1S/C18H27BrN2O4/c1-17(2,3)24-15(22)14(21-16(23)25-18(4,5)6)10-11-7-8-13(20)12(19)9-11/h7-9,14H,10,20H2,1-6H3,(H,21,23)/t14-/m0/s1. The van der Waals surface area contributed by atoms with Gasteiger partial charge in [-0.3, -0.25) is 0 Å². The minimum absolute atomic E-state index is 0.257. The number of halogens is 1. The van der Waals surface area contributed by atoms with Crippen molar-refractivity contribution in [3.63, 3.8) is 0 Å². The number of esters is 1. The number of nitrogens with two attached hydrogens (primary N) is 1. The minimum atomic E-state index is -0.871. The van der Waals surface area contributed by atoms with Crippen molar-refractivity contribution in [1.82, 2.24) is 5.32 Å². The van der Waals surface area contributed by atoms with Crippen molar-refractivity contribution in [2.45, 2.75) is 65.2 Å². The number of benzene rings is 1. The third kappa shape index (κ3) is 8.25. The van der Waals surface area contributed by atoms with E-state index in [2.05, 4.69) is 21.2 Å². The molecule has 0 aliphatic carbocycles. The fourth-order valence-electron chi connectivity index (χ4n) is 1.95. The molecule has 0 bridgehead atoms. The predicted molar refractivity (Wildman–Crippen MR) is 101 cm³/mol. The van der Waals surface area contributed by atoms with Crippen LogP contribution in [0.5, 0.6) is 0 Å². The Morgan fingerprint density at radius 3 is 2.16 bits per heavy atom. The van der Waals surface area contributed by atoms with Gasteiger partial charge in [0.2, 0.25) is 0 Å². The molecule has 0 heterocycles. The lowest BCUT2D eigenvalue weighted by atomic mass is 10.1. The fraction of sp³-hybridized carbons (Fsp3) is 0.556. The van der Waals surface area contributed by atoms with Crippen LogP contribution in [0.25, 0.3) is 0 Å². The summed E-state index contributed by atoms with van der Waals surface area (Å²) in [6, 6.07) is 4.47. The number of nitrogen functional groups attached to an aromatic ring is 1. The van der Waals surface area contributed by atoms with Crippen molar-refractivity contribution in [2.24, 2.45) is 0 Å². The van der Waals surface area contributed by atoms with E-state index in [1.807, 2.05) is 6.07 Å². The Morgan fingerprint density at radius 2 is 1.68 bits per heavy atom. The van der Waals surface area contributed by atoms with E-state index >= 15 is 0 Å². The topological polar surface area (TPSA) is 90.6 Å². The summed E-state index contributed by atoms with van der Waals surface area (Å²) in [5.41, 5.74) is 5.89. The summed E-state index contributed by atoms with van der Waals surface area (Å²) in [5, 5.41) is 2.60. The van der Waals surface area contributed by atoms with Crippen LogP contribution in [0.2, 0.25) is 0 Å². The monoisotopic (exact) mass is 414 g/mol. The number of carbonyl (C=O) groups excluding carboxylic acids is 2. The number of anilines is 1. The van der Waals surface area contributed by atoms with E-state index in [1.54, 1.807) is 53.7 Å². The van der Waals surface area contributed by atoms with Crippen LogP contribution in [-0.4, -0.2) is 29.3 Å². The molecule has 7 heteroatoms. The molecule has 1 rings (SSSR count). The van der Waals surface area contributed by atoms with Gasteiger partial charge in [-0.2, -0.15) is 0 Å². The first kappa shape index (κ1) is 21.3. The second-order valence-corrected chi connectivity index (χ2v) is 8.65. The van der Waals surface area contributed by atoms with E-state index in [0.717, 1.165) is 10.0 Å². The van der Waals surface area contributed by atoms with Gasteiger partial charge >= 0.3 is 12.1 Å². The molecule has 1 atom stereocenters. The lowest BCUT2D eigenvalue weighted by Crippen LogP contribution is -2.47. The first-order valence-electron chi connectivity index (χ1n) is 8.03. The first-order chi connectivity index (χ1) is 11.3. The Morgan fingerprint density at radius 1 is 1.12 bits per heavy atom. The second-order valence-electron chi connectivity index (χ2n) is 7.79. The molecular formula is C18H27BrN2O4. The van der Waals surface area contributed by atoms with E-state index < -0.39 is 29.3 Å². The van der Waals surface area contributed by atoms with Gasteiger partial charge < -0.3 is 20.5 Å². The molecule has 0 saturated heterocycles. The highest BCUT2D eigenvalue weighted by atomic mass is 79.9. The van der Waals surface area contributed by atoms with Crippen molar-refractivity contribution in [2.75, 3.05) is 5.73 Å². The summed E-state index contributed by atoms with van der Waals surface area (Å²) >= 11 is 3.36. The molecule has 6 nitrogen and oxygen atoms in total. The van der Waals surface area contributed by atoms with Crippen molar-refractivity contribution in [3.8, 4) is 0 Å². The number of rotatable bonds is 4. The number of carbonyl (C=O) groups is 2. The summed E-state index contributed by atoms with van der Waals surface area (Å²) in [6.45, 7) is 10.6. The van der Waals surface area contributed by atoms with E-state index in [1.165, 1.54) is 0 Å². The van der Waals surface area contributed by atoms with Crippen LogP contribution < -0.4 is 11.1 Å². The predicted octanol–water partition coefficient (Wildman–Crippen LogP) is 3.81. The Hall–Kier alpha value is -1.76. The number of alkyl carbamates (subject to hydrolysis) is 1. The van der Waals surface area contributed by atoms with Crippen molar-refractivity contribution < 1.29 is 19.1 Å². The molecular weight excluding hydrogens is 388 g/mol. The summed E-state index contributed by atoms with van der Waals surface area (Å²) in [4.78, 5) is 24.6. The average Bonchev–Trinajstić information content (AvgIpc) is 2.38. The highest BCUT2D eigenvalue weighted by Gasteiger charge is 2.29. The molecule has 1 aromatic rings. The molecule has 25 heavy (non-hydrogen) atoms. The van der Waals surface area contributed by atoms with Gasteiger partial charge in [-0.15, -0.1) is 0 Å². The van der Waals surface area contributed by atoms with Gasteiger partial charge in [-0.05, 0) is 75.2 Å². The third-order valence-electron chi connectivity index (χ3n) is 2.89. The molecule has 0 unspecified atom stereocenters. The zero-order valence-corrected chi connectivity index (χ0v) is 17.2. The molecule has 0 spiro atoms. The van der Waals surface area contributed by atoms with Crippen LogP contribution in [-0.2, 0) is 20.7 Å². The van der Waals surface area contributed by atoms with E-state index in [0.29, 0.717) is 5.69 Å². The van der Waals surface area contributed by atoms with Gasteiger partial charge in [0, 0.05) is 16.6 Å². The molecule has 140 valence electrons. The second kappa shape index (κ2) is 8.08. The Kier molecular flexibility index (Phi) is 6.88. The fourth-order valence-corrected chi connectivity index (χ4v) is 2.38. The number of hydrogen-bond donors (Lipinski definition) is 2. The van der Waals surface area contributed by atoms with E-state index in [-0.39, 0.29) is 6.42 Å². The average molecular weight is 415 g/mol. The van der Waals surface area contributed by atoms with Crippen LogP contribution >= 0.6 is 15.9 Å². The lowest BCUT2D eigenvalue weighted by molar-refractivity contribution is -0.157. The molecule has 3 N–H and O–H groups in total. The van der Waals surface area contributed by atoms with Crippen molar-refractivity contribution in [3.05, 3.63) is 28.2 Å². The van der Waals surface area contributed by atoms with Crippen LogP contribution in [0.3, 0.4) is 0 Å². The number of amides is 1. The minimum Gasteiger partial charge on any atom is -0.458 e. The summed E-state index contributed by atoms with van der Waals surface area (Å²) in [5.74, 6) is -0.522. The summed E-state index contributed by atoms with van der Waals surface area (Å²) in [7, 11) is 0. The highest BCUT2D eigenvalue weighted by molar-refractivity contribution is 9.10. The third-order valence-corrected chi connectivity index (χ3v) is 3.57. The molecule has 0 aliphatic rings. The molecule has 0 aliphatic heterocycles. The lowest BCUT2D eigenvalue weighted by Gasteiger charge is -2.26. The van der Waals surface area contributed by atoms with Gasteiger partial charge in [-0.1, -0.05) is 6.07 Å². The van der Waals surface area contributed by atoms with Crippen LogP contribution in [0.4, 0.5) is 10.5 Å². The molecule has 0 radical (unpaired) electrons. The Balaban J connectivity index is 2.95. The normalized spacial score (nSPS) is 13.1. The highest BCUT2D eigenvalue weighted by Crippen LogP contribution is 2.22. The van der Waals surface area contributed by atoms with Crippen molar-refractivity contribution in [1.29, 1.82) is 0 Å². The van der Waals surface area contributed by atoms with Gasteiger partial charge in [0.05, 0.1) is 0 Å². The van der Waals surface area contributed by atoms with Crippen molar-refractivity contribution >= 4 is 33.7 Å². The molecule has 1 amide bonds. The molecule has 0 saturated carbocycles. The Bertz CT molecular complexity index is 633. The summed E-state index contributed by atoms with van der Waals surface area (Å²) in [6.07, 6.45) is -0.412. The van der Waals surface area contributed by atoms with Gasteiger partial charge in [0.1, 0.15) is 17.2 Å². The Labute approximate surface area is 157 Å². The molecule has 0 fully saturated rings. The zero-order valence-electron chi connectivity index (χ0n) is 15.6. The smallest absolute Gasteiger partial charge is 0.408 e. The zero-order chi connectivity index (χ0) is 19.4. The number of ether oxygens (including phenoxy) is 2. The first-order valence-corrected chi connectivity index (χ1v) is 8.82. The van der Waals surface area contributed by atoms with Gasteiger partial charge in [0.25, 0.3) is 0 Å². The van der Waals surface area contributed by atoms with Crippen LogP contribution in [0.15, 0.2) is 22.7 Å². The largest absolute Gasteiger partial charge is 0.458 e.